The monoisotopic (exact) mass is 527 g/mol. The molecule has 4 rings (SSSR count). The quantitative estimate of drug-likeness (QED) is 0.200. The van der Waals surface area contributed by atoms with Crippen LogP contribution in [0.25, 0.3) is 5.76 Å². The highest BCUT2D eigenvalue weighted by Gasteiger charge is 2.47. The topological polar surface area (TPSA) is 76.1 Å². The first-order valence-electron chi connectivity index (χ1n) is 13.3. The molecular formula is C33H37NO5. The number of carbonyl (C=O) groups excluding carboxylic acids is 2. The molecule has 1 fully saturated rings. The Labute approximate surface area is 230 Å². The molecule has 0 aliphatic carbocycles. The zero-order chi connectivity index (χ0) is 28.5. The Morgan fingerprint density at radius 1 is 0.769 bits per heavy atom. The molecule has 1 heterocycles. The van der Waals surface area contributed by atoms with E-state index in [2.05, 4.69) is 20.8 Å². The van der Waals surface area contributed by atoms with Gasteiger partial charge in [0.25, 0.3) is 11.7 Å². The maximum atomic E-state index is 13.5. The molecule has 39 heavy (non-hydrogen) atoms. The Hall–Kier alpha value is -4.06. The van der Waals surface area contributed by atoms with Crippen LogP contribution in [0.5, 0.6) is 11.5 Å². The third-order valence-corrected chi connectivity index (χ3v) is 6.52. The summed E-state index contributed by atoms with van der Waals surface area (Å²) in [4.78, 5) is 28.4. The molecule has 1 saturated heterocycles. The Morgan fingerprint density at radius 2 is 1.26 bits per heavy atom. The second-order valence-electron chi connectivity index (χ2n) is 11.4. The number of hydrogen-bond acceptors (Lipinski definition) is 5. The second kappa shape index (κ2) is 11.0. The molecule has 0 aromatic heterocycles. The van der Waals surface area contributed by atoms with Gasteiger partial charge in [-0.05, 0) is 92.8 Å². The first kappa shape index (κ1) is 28.0. The van der Waals surface area contributed by atoms with Gasteiger partial charge in [-0.25, -0.2) is 0 Å². The maximum Gasteiger partial charge on any atom is 0.300 e. The normalized spacial score (nSPS) is 17.3. The van der Waals surface area contributed by atoms with E-state index in [0.717, 1.165) is 5.56 Å². The number of nitrogens with zero attached hydrogens (tertiary/aromatic N) is 1. The SMILES string of the molecule is CC(C)Oc1ccc(/C(O)=C2\C(=O)C(=O)N(c3ccc(C(C)(C)C)cc3)C2c2ccc(OC(C)C)cc2)cc1. The summed E-state index contributed by atoms with van der Waals surface area (Å²) in [6.07, 6.45) is 0.00699. The predicted molar refractivity (Wildman–Crippen MR) is 154 cm³/mol. The van der Waals surface area contributed by atoms with Gasteiger partial charge in [-0.2, -0.15) is 0 Å². The van der Waals surface area contributed by atoms with E-state index in [1.807, 2.05) is 76.2 Å². The van der Waals surface area contributed by atoms with E-state index in [4.69, 9.17) is 9.47 Å². The zero-order valence-electron chi connectivity index (χ0n) is 23.7. The molecule has 6 nitrogen and oxygen atoms in total. The van der Waals surface area contributed by atoms with Gasteiger partial charge < -0.3 is 14.6 Å². The summed E-state index contributed by atoms with van der Waals surface area (Å²) in [5.74, 6) is -0.320. The summed E-state index contributed by atoms with van der Waals surface area (Å²) >= 11 is 0. The molecule has 0 spiro atoms. The van der Waals surface area contributed by atoms with E-state index in [1.165, 1.54) is 4.90 Å². The fourth-order valence-corrected chi connectivity index (χ4v) is 4.66. The highest BCUT2D eigenvalue weighted by Crippen LogP contribution is 2.43. The predicted octanol–water partition coefficient (Wildman–Crippen LogP) is 7.18. The number of benzene rings is 3. The summed E-state index contributed by atoms with van der Waals surface area (Å²) in [5, 5.41) is 11.4. The van der Waals surface area contributed by atoms with Crippen LogP contribution in [0.2, 0.25) is 0 Å². The van der Waals surface area contributed by atoms with E-state index in [1.54, 1.807) is 24.3 Å². The fraction of sp³-hybridized carbons (Fsp3) is 0.333. The minimum Gasteiger partial charge on any atom is -0.507 e. The Balaban J connectivity index is 1.83. The molecule has 1 aliphatic rings. The number of Topliss-reactive ketones (excluding diaryl/α,β-unsaturated/α-hetero) is 1. The minimum atomic E-state index is -0.815. The van der Waals surface area contributed by atoms with Gasteiger partial charge in [0.05, 0.1) is 23.8 Å². The van der Waals surface area contributed by atoms with Crippen molar-refractivity contribution in [3.05, 3.63) is 95.1 Å². The smallest absolute Gasteiger partial charge is 0.300 e. The van der Waals surface area contributed by atoms with Gasteiger partial charge in [-0.1, -0.05) is 45.0 Å². The lowest BCUT2D eigenvalue weighted by Crippen LogP contribution is -2.29. The number of anilines is 1. The minimum absolute atomic E-state index is 0.00194. The number of hydrogen-bond donors (Lipinski definition) is 1. The Bertz CT molecular complexity index is 1360. The van der Waals surface area contributed by atoms with Crippen molar-refractivity contribution in [2.75, 3.05) is 4.90 Å². The zero-order valence-corrected chi connectivity index (χ0v) is 23.7. The summed E-state index contributed by atoms with van der Waals surface area (Å²) in [6, 6.07) is 21.0. The summed E-state index contributed by atoms with van der Waals surface area (Å²) < 4.78 is 11.5. The van der Waals surface area contributed by atoms with Crippen LogP contribution in [0, 0.1) is 0 Å². The number of aliphatic hydroxyl groups excluding tert-OH is 1. The molecular weight excluding hydrogens is 490 g/mol. The average Bonchev–Trinajstić information content (AvgIpc) is 3.13. The third-order valence-electron chi connectivity index (χ3n) is 6.52. The van der Waals surface area contributed by atoms with Gasteiger partial charge in [0.1, 0.15) is 17.3 Å². The van der Waals surface area contributed by atoms with Crippen molar-refractivity contribution in [1.29, 1.82) is 0 Å². The van der Waals surface area contributed by atoms with E-state index < -0.39 is 17.7 Å². The number of rotatable bonds is 7. The number of ether oxygens (including phenoxy) is 2. The molecule has 0 bridgehead atoms. The van der Waals surface area contributed by atoms with Crippen LogP contribution in [-0.4, -0.2) is 29.0 Å². The van der Waals surface area contributed by atoms with Gasteiger partial charge >= 0.3 is 0 Å². The Kier molecular flexibility index (Phi) is 7.86. The van der Waals surface area contributed by atoms with Crippen molar-refractivity contribution in [1.82, 2.24) is 0 Å². The number of aliphatic hydroxyl groups is 1. The molecule has 3 aromatic rings. The largest absolute Gasteiger partial charge is 0.507 e. The first-order valence-corrected chi connectivity index (χ1v) is 13.3. The molecule has 6 heteroatoms. The summed E-state index contributed by atoms with van der Waals surface area (Å²) in [6.45, 7) is 14.1. The summed E-state index contributed by atoms with van der Waals surface area (Å²) in [7, 11) is 0. The lowest BCUT2D eigenvalue weighted by molar-refractivity contribution is -0.132. The molecule has 1 atom stereocenters. The molecule has 1 amide bonds. The third kappa shape index (κ3) is 6.00. The highest BCUT2D eigenvalue weighted by molar-refractivity contribution is 6.51. The molecule has 1 unspecified atom stereocenters. The number of carbonyl (C=O) groups is 2. The maximum absolute atomic E-state index is 13.5. The molecule has 1 aliphatic heterocycles. The highest BCUT2D eigenvalue weighted by atomic mass is 16.5. The first-order chi connectivity index (χ1) is 18.4. The van der Waals surface area contributed by atoms with Gasteiger partial charge in [0, 0.05) is 11.3 Å². The van der Waals surface area contributed by atoms with E-state index in [-0.39, 0.29) is 29.0 Å². The van der Waals surface area contributed by atoms with Crippen LogP contribution < -0.4 is 14.4 Å². The lowest BCUT2D eigenvalue weighted by Gasteiger charge is -2.27. The van der Waals surface area contributed by atoms with Gasteiger partial charge in [0.15, 0.2) is 0 Å². The van der Waals surface area contributed by atoms with Crippen LogP contribution in [0.4, 0.5) is 5.69 Å². The standard InChI is InChI=1S/C33H37NO5/c1-20(2)38-26-16-8-22(9-17-26)29-28(30(35)23-10-18-27(19-11-23)39-21(3)4)31(36)32(37)34(29)25-14-12-24(13-15-25)33(5,6)7/h8-21,29,35H,1-7H3/b30-28+. The Morgan fingerprint density at radius 3 is 1.72 bits per heavy atom. The fourth-order valence-electron chi connectivity index (χ4n) is 4.66. The molecule has 1 N–H and O–H groups in total. The average molecular weight is 528 g/mol. The van der Waals surface area contributed by atoms with E-state index >= 15 is 0 Å². The van der Waals surface area contributed by atoms with Gasteiger partial charge in [-0.3, -0.25) is 14.5 Å². The van der Waals surface area contributed by atoms with Crippen LogP contribution in [0.15, 0.2) is 78.4 Å². The van der Waals surface area contributed by atoms with Crippen LogP contribution >= 0.6 is 0 Å². The molecule has 3 aromatic carbocycles. The number of amides is 1. The number of ketones is 1. The van der Waals surface area contributed by atoms with E-state index in [9.17, 15) is 14.7 Å². The van der Waals surface area contributed by atoms with Crippen molar-refractivity contribution in [2.24, 2.45) is 0 Å². The van der Waals surface area contributed by atoms with Crippen molar-refractivity contribution in [2.45, 2.75) is 72.1 Å². The van der Waals surface area contributed by atoms with Gasteiger partial charge in [-0.15, -0.1) is 0 Å². The van der Waals surface area contributed by atoms with E-state index in [0.29, 0.717) is 28.3 Å². The molecule has 0 radical (unpaired) electrons. The van der Waals surface area contributed by atoms with Crippen LogP contribution in [0.1, 0.15) is 71.2 Å². The van der Waals surface area contributed by atoms with Crippen LogP contribution in [0.3, 0.4) is 0 Å². The van der Waals surface area contributed by atoms with Crippen molar-refractivity contribution < 1.29 is 24.2 Å². The van der Waals surface area contributed by atoms with Gasteiger partial charge in [0.2, 0.25) is 0 Å². The van der Waals surface area contributed by atoms with Crippen molar-refractivity contribution >= 4 is 23.1 Å². The van der Waals surface area contributed by atoms with Crippen LogP contribution in [-0.2, 0) is 15.0 Å². The van der Waals surface area contributed by atoms with Crippen molar-refractivity contribution in [3.63, 3.8) is 0 Å². The molecule has 0 saturated carbocycles. The lowest BCUT2D eigenvalue weighted by atomic mass is 9.87. The van der Waals surface area contributed by atoms with Crippen molar-refractivity contribution in [3.8, 4) is 11.5 Å². The molecule has 204 valence electrons. The second-order valence-corrected chi connectivity index (χ2v) is 11.4. The summed E-state index contributed by atoms with van der Waals surface area (Å²) in [5.41, 5.74) is 2.78.